The molecule has 2 heterocycles. The van der Waals surface area contributed by atoms with Gasteiger partial charge in [0.1, 0.15) is 0 Å². The lowest BCUT2D eigenvalue weighted by Crippen LogP contribution is -2.43. The minimum Gasteiger partial charge on any atom is -0.352 e. The normalized spacial score (nSPS) is 17.8. The average Bonchev–Trinajstić information content (AvgIpc) is 2.61. The van der Waals surface area contributed by atoms with E-state index in [2.05, 4.69) is 20.2 Å². The van der Waals surface area contributed by atoms with E-state index in [1.807, 2.05) is 24.3 Å². The highest BCUT2D eigenvalue weighted by Crippen LogP contribution is 2.20. The Morgan fingerprint density at radius 1 is 1.30 bits per heavy atom. The predicted octanol–water partition coefficient (Wildman–Crippen LogP) is 2.66. The summed E-state index contributed by atoms with van der Waals surface area (Å²) in [6.45, 7) is 2.05. The zero-order chi connectivity index (χ0) is 16.1. The number of carbonyl (C=O) groups excluding carboxylic acids is 1. The topological polar surface area (TPSA) is 58.1 Å². The molecule has 0 unspecified atom stereocenters. The highest BCUT2D eigenvalue weighted by molar-refractivity contribution is 6.30. The molecule has 1 aromatic carbocycles. The summed E-state index contributed by atoms with van der Waals surface area (Å²) in [5, 5.41) is 3.69. The second-order valence-electron chi connectivity index (χ2n) is 5.68. The fourth-order valence-corrected chi connectivity index (χ4v) is 3.02. The summed E-state index contributed by atoms with van der Waals surface area (Å²) in [5.74, 6) is 0.734. The van der Waals surface area contributed by atoms with Gasteiger partial charge >= 0.3 is 0 Å². The molecular formula is C17H19ClN4O. The maximum Gasteiger partial charge on any atom is 0.225 e. The van der Waals surface area contributed by atoms with Crippen molar-refractivity contribution in [1.29, 1.82) is 0 Å². The van der Waals surface area contributed by atoms with Crippen LogP contribution in [0.4, 0.5) is 5.95 Å². The van der Waals surface area contributed by atoms with Crippen LogP contribution in [-0.2, 0) is 11.3 Å². The number of hydrogen-bond donors (Lipinski definition) is 1. The Morgan fingerprint density at radius 2 is 2.13 bits per heavy atom. The number of aromatic nitrogens is 2. The largest absolute Gasteiger partial charge is 0.352 e. The molecule has 23 heavy (non-hydrogen) atoms. The van der Waals surface area contributed by atoms with Gasteiger partial charge in [0.15, 0.2) is 0 Å². The van der Waals surface area contributed by atoms with E-state index in [0.717, 1.165) is 24.9 Å². The van der Waals surface area contributed by atoms with Crippen LogP contribution in [0.2, 0.25) is 5.02 Å². The molecule has 1 aromatic heterocycles. The van der Waals surface area contributed by atoms with E-state index in [1.165, 1.54) is 0 Å². The first-order valence-corrected chi connectivity index (χ1v) is 8.14. The van der Waals surface area contributed by atoms with E-state index < -0.39 is 0 Å². The van der Waals surface area contributed by atoms with Gasteiger partial charge in [-0.1, -0.05) is 23.7 Å². The lowest BCUT2D eigenvalue weighted by molar-refractivity contribution is -0.125. The summed E-state index contributed by atoms with van der Waals surface area (Å²) < 4.78 is 0. The minimum absolute atomic E-state index is 0.0354. The Morgan fingerprint density at radius 3 is 2.91 bits per heavy atom. The van der Waals surface area contributed by atoms with Crippen molar-refractivity contribution in [1.82, 2.24) is 15.3 Å². The van der Waals surface area contributed by atoms with Gasteiger partial charge in [-0.05, 0) is 36.6 Å². The van der Waals surface area contributed by atoms with Crippen molar-refractivity contribution in [3.8, 4) is 0 Å². The second kappa shape index (κ2) is 7.42. The molecule has 0 aliphatic carbocycles. The van der Waals surface area contributed by atoms with Crippen molar-refractivity contribution in [2.24, 2.45) is 5.92 Å². The number of benzene rings is 1. The number of hydrogen-bond acceptors (Lipinski definition) is 4. The van der Waals surface area contributed by atoms with Crippen molar-refractivity contribution in [3.63, 3.8) is 0 Å². The minimum atomic E-state index is -0.0354. The molecule has 1 fully saturated rings. The van der Waals surface area contributed by atoms with Crippen LogP contribution < -0.4 is 10.2 Å². The van der Waals surface area contributed by atoms with Crippen LogP contribution in [0.1, 0.15) is 18.4 Å². The number of nitrogens with zero attached hydrogens (tertiary/aromatic N) is 3. The Labute approximate surface area is 140 Å². The van der Waals surface area contributed by atoms with Gasteiger partial charge in [0.2, 0.25) is 11.9 Å². The SMILES string of the molecule is O=C(NCc1cccc(Cl)c1)[C@H]1CCCN(c2ncccn2)C1. The summed E-state index contributed by atoms with van der Waals surface area (Å²) in [6, 6.07) is 9.33. The van der Waals surface area contributed by atoms with Gasteiger partial charge in [0.05, 0.1) is 5.92 Å². The number of amides is 1. The maximum atomic E-state index is 12.4. The van der Waals surface area contributed by atoms with Crippen molar-refractivity contribution >= 4 is 23.5 Å². The Kier molecular flexibility index (Phi) is 5.08. The van der Waals surface area contributed by atoms with E-state index in [0.29, 0.717) is 24.1 Å². The van der Waals surface area contributed by atoms with Crippen molar-refractivity contribution in [2.75, 3.05) is 18.0 Å². The monoisotopic (exact) mass is 330 g/mol. The third-order valence-corrected chi connectivity index (χ3v) is 4.22. The molecule has 2 aromatic rings. The molecule has 0 spiro atoms. The van der Waals surface area contributed by atoms with Gasteiger partial charge in [-0.3, -0.25) is 4.79 Å². The van der Waals surface area contributed by atoms with E-state index in [1.54, 1.807) is 18.5 Å². The number of halogens is 1. The molecule has 5 nitrogen and oxygen atoms in total. The van der Waals surface area contributed by atoms with Gasteiger partial charge < -0.3 is 10.2 Å². The number of anilines is 1. The Hall–Kier alpha value is -2.14. The van der Waals surface area contributed by atoms with Crippen LogP contribution in [0.15, 0.2) is 42.7 Å². The van der Waals surface area contributed by atoms with Crippen LogP contribution >= 0.6 is 11.6 Å². The second-order valence-corrected chi connectivity index (χ2v) is 6.12. The van der Waals surface area contributed by atoms with Gasteiger partial charge in [0.25, 0.3) is 0 Å². The lowest BCUT2D eigenvalue weighted by atomic mass is 9.97. The number of carbonyl (C=O) groups is 1. The van der Waals surface area contributed by atoms with Crippen molar-refractivity contribution in [3.05, 3.63) is 53.3 Å². The maximum absolute atomic E-state index is 12.4. The highest BCUT2D eigenvalue weighted by atomic mass is 35.5. The first kappa shape index (κ1) is 15.7. The highest BCUT2D eigenvalue weighted by Gasteiger charge is 2.26. The summed E-state index contributed by atoms with van der Waals surface area (Å²) in [7, 11) is 0. The standard InChI is InChI=1S/C17H19ClN4O/c18-15-6-1-4-13(10-15)11-21-16(23)14-5-2-9-22(12-14)17-19-7-3-8-20-17/h1,3-4,6-8,10,14H,2,5,9,11-12H2,(H,21,23)/t14-/m0/s1. The van der Waals surface area contributed by atoms with Crippen LogP contribution in [0.5, 0.6) is 0 Å². The molecule has 0 radical (unpaired) electrons. The first-order chi connectivity index (χ1) is 11.2. The fourth-order valence-electron chi connectivity index (χ4n) is 2.81. The number of piperidine rings is 1. The zero-order valence-electron chi connectivity index (χ0n) is 12.8. The molecule has 1 amide bonds. The number of nitrogens with one attached hydrogen (secondary N) is 1. The Bertz CT molecular complexity index is 665. The van der Waals surface area contributed by atoms with Crippen molar-refractivity contribution < 1.29 is 4.79 Å². The molecule has 3 rings (SSSR count). The Balaban J connectivity index is 1.57. The van der Waals surface area contributed by atoms with Gasteiger partial charge in [-0.2, -0.15) is 0 Å². The van der Waals surface area contributed by atoms with E-state index in [9.17, 15) is 4.79 Å². The van der Waals surface area contributed by atoms with Crippen LogP contribution in [0.3, 0.4) is 0 Å². The number of rotatable bonds is 4. The molecule has 6 heteroatoms. The molecule has 1 saturated heterocycles. The van der Waals surface area contributed by atoms with Crippen LogP contribution in [-0.4, -0.2) is 29.0 Å². The van der Waals surface area contributed by atoms with Crippen LogP contribution in [0.25, 0.3) is 0 Å². The predicted molar refractivity (Wildman–Crippen MR) is 90.3 cm³/mol. The summed E-state index contributed by atoms with van der Waals surface area (Å²) in [4.78, 5) is 23.0. The molecule has 1 aliphatic rings. The zero-order valence-corrected chi connectivity index (χ0v) is 13.5. The van der Waals surface area contributed by atoms with Gasteiger partial charge in [-0.25, -0.2) is 9.97 Å². The summed E-state index contributed by atoms with van der Waals surface area (Å²) >= 11 is 5.96. The lowest BCUT2D eigenvalue weighted by Gasteiger charge is -2.31. The molecule has 120 valence electrons. The van der Waals surface area contributed by atoms with Crippen LogP contribution in [0, 0.1) is 5.92 Å². The smallest absolute Gasteiger partial charge is 0.225 e. The van der Waals surface area contributed by atoms with E-state index >= 15 is 0 Å². The molecule has 1 aliphatic heterocycles. The third-order valence-electron chi connectivity index (χ3n) is 3.98. The fraction of sp³-hybridized carbons (Fsp3) is 0.353. The third kappa shape index (κ3) is 4.20. The average molecular weight is 331 g/mol. The molecule has 0 saturated carbocycles. The van der Waals surface area contributed by atoms with E-state index in [4.69, 9.17) is 11.6 Å². The summed E-state index contributed by atoms with van der Waals surface area (Å²) in [5.41, 5.74) is 1.00. The quantitative estimate of drug-likeness (QED) is 0.936. The van der Waals surface area contributed by atoms with E-state index in [-0.39, 0.29) is 11.8 Å². The molecule has 1 atom stereocenters. The molecule has 0 bridgehead atoms. The van der Waals surface area contributed by atoms with Gasteiger partial charge in [-0.15, -0.1) is 0 Å². The molecule has 1 N–H and O–H groups in total. The molecular weight excluding hydrogens is 312 g/mol. The first-order valence-electron chi connectivity index (χ1n) is 7.76. The van der Waals surface area contributed by atoms with Crippen molar-refractivity contribution in [2.45, 2.75) is 19.4 Å². The van der Waals surface area contributed by atoms with Gasteiger partial charge in [0, 0.05) is 37.1 Å². The summed E-state index contributed by atoms with van der Waals surface area (Å²) in [6.07, 6.45) is 5.31.